The number of guanidine groups is 1. The van der Waals surface area contributed by atoms with E-state index in [1.807, 2.05) is 0 Å². The smallest absolute Gasteiger partial charge is 0.191 e. The van der Waals surface area contributed by atoms with Crippen LogP contribution in [0.3, 0.4) is 0 Å². The minimum absolute atomic E-state index is 0.194. The third kappa shape index (κ3) is 5.01. The fourth-order valence-electron chi connectivity index (χ4n) is 2.13. The zero-order valence-corrected chi connectivity index (χ0v) is 12.7. The predicted octanol–water partition coefficient (Wildman–Crippen LogP) is 0.917. The molecule has 5 nitrogen and oxygen atoms in total. The second kappa shape index (κ2) is 6.11. The van der Waals surface area contributed by atoms with Crippen molar-refractivity contribution in [2.24, 2.45) is 10.9 Å². The molecule has 0 spiro atoms. The Morgan fingerprint density at radius 2 is 2.11 bits per heavy atom. The molecule has 2 N–H and O–H groups in total. The van der Waals surface area contributed by atoms with E-state index in [-0.39, 0.29) is 5.92 Å². The largest absolute Gasteiger partial charge is 0.354 e. The number of rotatable bonds is 5. The van der Waals surface area contributed by atoms with Crippen LogP contribution in [0, 0.1) is 5.92 Å². The van der Waals surface area contributed by atoms with E-state index >= 15 is 0 Å². The third-order valence-electron chi connectivity index (χ3n) is 3.75. The number of hydrogen-bond donors (Lipinski definition) is 2. The molecule has 0 aromatic heterocycles. The molecule has 0 radical (unpaired) electrons. The van der Waals surface area contributed by atoms with E-state index in [4.69, 9.17) is 0 Å². The molecular weight excluding hydrogens is 262 g/mol. The molecule has 0 aromatic carbocycles. The number of hydrogen-bond acceptors (Lipinski definition) is 3. The van der Waals surface area contributed by atoms with E-state index in [0.29, 0.717) is 30.1 Å². The Morgan fingerprint density at radius 1 is 1.37 bits per heavy atom. The molecule has 1 aliphatic carbocycles. The number of aliphatic imine (C=N–C) groups is 1. The zero-order chi connectivity index (χ0) is 13.9. The topological polar surface area (TPSA) is 70.6 Å². The van der Waals surface area contributed by atoms with E-state index in [2.05, 4.69) is 29.5 Å². The normalized spacial score (nSPS) is 28.1. The van der Waals surface area contributed by atoms with E-state index in [1.165, 1.54) is 12.8 Å². The van der Waals surface area contributed by atoms with Gasteiger partial charge in [0.1, 0.15) is 0 Å². The van der Waals surface area contributed by atoms with Gasteiger partial charge in [0.05, 0.1) is 11.5 Å². The standard InChI is InChI=1S/C13H25N3O2S/c1-3-10(2)15-13(16-12-4-5-12)14-8-11-6-7-19(17,18)9-11/h10-12H,3-9H2,1-2H3,(H2,14,15,16). The molecule has 2 atom stereocenters. The first kappa shape index (κ1) is 14.6. The Balaban J connectivity index is 1.87. The van der Waals surface area contributed by atoms with Gasteiger partial charge in [-0.25, -0.2) is 8.42 Å². The van der Waals surface area contributed by atoms with Gasteiger partial charge in [-0.3, -0.25) is 4.99 Å². The Labute approximate surface area is 116 Å². The molecule has 1 aliphatic heterocycles. The number of nitrogens with zero attached hydrogens (tertiary/aromatic N) is 1. The van der Waals surface area contributed by atoms with Crippen molar-refractivity contribution in [3.05, 3.63) is 0 Å². The minimum atomic E-state index is -2.79. The van der Waals surface area contributed by atoms with Crippen LogP contribution < -0.4 is 10.6 Å². The van der Waals surface area contributed by atoms with E-state index in [0.717, 1.165) is 18.8 Å². The van der Waals surface area contributed by atoms with Crippen molar-refractivity contribution in [2.75, 3.05) is 18.1 Å². The summed E-state index contributed by atoms with van der Waals surface area (Å²) in [6, 6.07) is 0.944. The van der Waals surface area contributed by atoms with Crippen LogP contribution in [0.25, 0.3) is 0 Å². The van der Waals surface area contributed by atoms with Crippen molar-refractivity contribution in [3.63, 3.8) is 0 Å². The van der Waals surface area contributed by atoms with E-state index < -0.39 is 9.84 Å². The second-order valence-electron chi connectivity index (χ2n) is 5.83. The highest BCUT2D eigenvalue weighted by Gasteiger charge is 2.28. The molecule has 2 aliphatic rings. The molecule has 110 valence electrons. The van der Waals surface area contributed by atoms with Crippen molar-refractivity contribution in [1.82, 2.24) is 10.6 Å². The Bertz CT molecular complexity index is 429. The molecule has 2 fully saturated rings. The molecule has 1 heterocycles. The van der Waals surface area contributed by atoms with Crippen LogP contribution >= 0.6 is 0 Å². The minimum Gasteiger partial charge on any atom is -0.354 e. The first-order chi connectivity index (χ1) is 8.98. The average molecular weight is 287 g/mol. The van der Waals surface area contributed by atoms with Crippen LogP contribution in [0.4, 0.5) is 0 Å². The lowest BCUT2D eigenvalue weighted by Gasteiger charge is -2.17. The van der Waals surface area contributed by atoms with E-state index in [1.54, 1.807) is 0 Å². The van der Waals surface area contributed by atoms with Gasteiger partial charge in [0.2, 0.25) is 0 Å². The van der Waals surface area contributed by atoms with Crippen LogP contribution in [0.1, 0.15) is 39.5 Å². The van der Waals surface area contributed by atoms with Gasteiger partial charge in [-0.05, 0) is 38.5 Å². The fourth-order valence-corrected chi connectivity index (χ4v) is 3.98. The number of sulfone groups is 1. The van der Waals surface area contributed by atoms with Crippen molar-refractivity contribution in [1.29, 1.82) is 0 Å². The molecule has 0 bridgehead atoms. The van der Waals surface area contributed by atoms with Gasteiger partial charge in [-0.1, -0.05) is 6.92 Å². The summed E-state index contributed by atoms with van der Waals surface area (Å²) in [5.74, 6) is 1.68. The van der Waals surface area contributed by atoms with Gasteiger partial charge in [0.15, 0.2) is 15.8 Å². The molecule has 0 aromatic rings. The van der Waals surface area contributed by atoms with Crippen LogP contribution in [-0.4, -0.2) is 44.5 Å². The molecular formula is C13H25N3O2S. The molecule has 1 saturated carbocycles. The summed E-state index contributed by atoms with van der Waals surface area (Å²) in [6.45, 7) is 4.87. The van der Waals surface area contributed by atoms with Gasteiger partial charge >= 0.3 is 0 Å². The summed E-state index contributed by atoms with van der Waals surface area (Å²) in [5, 5.41) is 6.76. The lowest BCUT2D eigenvalue weighted by Crippen LogP contribution is -2.43. The monoisotopic (exact) mass is 287 g/mol. The molecule has 6 heteroatoms. The van der Waals surface area contributed by atoms with Crippen molar-refractivity contribution in [3.8, 4) is 0 Å². The van der Waals surface area contributed by atoms with Crippen LogP contribution in [0.5, 0.6) is 0 Å². The van der Waals surface area contributed by atoms with Gasteiger partial charge in [0.25, 0.3) is 0 Å². The number of nitrogens with one attached hydrogen (secondary N) is 2. The maximum Gasteiger partial charge on any atom is 0.191 e. The van der Waals surface area contributed by atoms with Crippen molar-refractivity contribution in [2.45, 2.75) is 51.6 Å². The van der Waals surface area contributed by atoms with Gasteiger partial charge in [-0.15, -0.1) is 0 Å². The maximum absolute atomic E-state index is 11.4. The highest BCUT2D eigenvalue weighted by atomic mass is 32.2. The van der Waals surface area contributed by atoms with Crippen LogP contribution in [0.15, 0.2) is 4.99 Å². The summed E-state index contributed by atoms with van der Waals surface area (Å²) in [5.41, 5.74) is 0. The zero-order valence-electron chi connectivity index (χ0n) is 11.9. The molecule has 19 heavy (non-hydrogen) atoms. The first-order valence-corrected chi connectivity index (χ1v) is 9.08. The summed E-state index contributed by atoms with van der Waals surface area (Å²) in [4.78, 5) is 4.57. The van der Waals surface area contributed by atoms with Crippen molar-refractivity contribution < 1.29 is 8.42 Å². The molecule has 1 saturated heterocycles. The Kier molecular flexibility index (Phi) is 4.71. The first-order valence-electron chi connectivity index (χ1n) is 7.26. The summed E-state index contributed by atoms with van der Waals surface area (Å²) in [6.07, 6.45) is 4.22. The van der Waals surface area contributed by atoms with Crippen molar-refractivity contribution >= 4 is 15.8 Å². The quantitative estimate of drug-likeness (QED) is 0.582. The van der Waals surface area contributed by atoms with Crippen LogP contribution in [-0.2, 0) is 9.84 Å². The summed E-state index contributed by atoms with van der Waals surface area (Å²) >= 11 is 0. The molecule has 2 rings (SSSR count). The molecule has 0 amide bonds. The summed E-state index contributed by atoms with van der Waals surface area (Å²) in [7, 11) is -2.79. The van der Waals surface area contributed by atoms with Gasteiger partial charge in [-0.2, -0.15) is 0 Å². The highest BCUT2D eigenvalue weighted by molar-refractivity contribution is 7.91. The van der Waals surface area contributed by atoms with E-state index in [9.17, 15) is 8.42 Å². The highest BCUT2D eigenvalue weighted by Crippen LogP contribution is 2.20. The lowest BCUT2D eigenvalue weighted by atomic mass is 10.1. The van der Waals surface area contributed by atoms with Crippen LogP contribution in [0.2, 0.25) is 0 Å². The average Bonchev–Trinajstić information content (AvgIpc) is 3.09. The fraction of sp³-hybridized carbons (Fsp3) is 0.923. The molecule has 2 unspecified atom stereocenters. The second-order valence-corrected chi connectivity index (χ2v) is 8.06. The Morgan fingerprint density at radius 3 is 2.63 bits per heavy atom. The Hall–Kier alpha value is -0.780. The lowest BCUT2D eigenvalue weighted by molar-refractivity contribution is 0.583. The predicted molar refractivity (Wildman–Crippen MR) is 78.1 cm³/mol. The van der Waals surface area contributed by atoms with Gasteiger partial charge < -0.3 is 10.6 Å². The SMILES string of the molecule is CCC(C)NC(=NCC1CCS(=O)(=O)C1)NC1CC1. The maximum atomic E-state index is 11.4. The summed E-state index contributed by atoms with van der Waals surface area (Å²) < 4.78 is 22.8. The van der Waals surface area contributed by atoms with Gasteiger partial charge in [0, 0.05) is 18.6 Å². The third-order valence-corrected chi connectivity index (χ3v) is 5.59.